The van der Waals surface area contributed by atoms with Gasteiger partial charge in [-0.3, -0.25) is 4.99 Å². The Morgan fingerprint density at radius 2 is 1.96 bits per heavy atom. The van der Waals surface area contributed by atoms with E-state index in [1.807, 2.05) is 50.3 Å². The van der Waals surface area contributed by atoms with E-state index in [1.165, 1.54) is 0 Å². The summed E-state index contributed by atoms with van der Waals surface area (Å²) >= 11 is 0. The minimum Gasteiger partial charge on any atom is -0.507 e. The van der Waals surface area contributed by atoms with Crippen molar-refractivity contribution in [2.45, 2.75) is 33.4 Å². The number of nitrogens with one attached hydrogen (secondary N) is 1. The van der Waals surface area contributed by atoms with Crippen LogP contribution in [-0.4, -0.2) is 16.7 Å². The fraction of sp³-hybridized carbons (Fsp3) is 0.300. The summed E-state index contributed by atoms with van der Waals surface area (Å²) in [5, 5.41) is 12.3. The normalized spacial score (nSPS) is 21.9. The highest BCUT2D eigenvalue weighted by Crippen LogP contribution is 2.36. The maximum absolute atomic E-state index is 10.3. The van der Waals surface area contributed by atoms with Crippen LogP contribution in [0.1, 0.15) is 39.0 Å². The molecule has 5 nitrogen and oxygen atoms in total. The van der Waals surface area contributed by atoms with Crippen molar-refractivity contribution in [1.82, 2.24) is 5.48 Å². The summed E-state index contributed by atoms with van der Waals surface area (Å²) in [5.74, 6) is 1.10. The molecule has 0 bridgehead atoms. The van der Waals surface area contributed by atoms with Gasteiger partial charge in [0.25, 0.3) is 0 Å². The standard InChI is InChI=1S/C18H17N3O2.C2H6/c1-11-5-4-10-19-16(11)17-20-18(23-21-17)15-13-7-3-2-6-12(13)8-9-14(15)22;1-2/h2-4,6-11,18,22H,5H2,1H3,(H,20,21);1-2H3. The van der Waals surface area contributed by atoms with Gasteiger partial charge in [-0.25, -0.2) is 15.3 Å². The number of phenols is 1. The number of hydrogen-bond donors (Lipinski definition) is 2. The molecule has 4 rings (SSSR count). The first-order valence-electron chi connectivity index (χ1n) is 8.67. The molecule has 0 aromatic heterocycles. The lowest BCUT2D eigenvalue weighted by atomic mass is 9.99. The molecule has 5 heteroatoms. The van der Waals surface area contributed by atoms with E-state index in [1.54, 1.807) is 12.3 Å². The molecule has 2 N–H and O–H groups in total. The zero-order valence-corrected chi connectivity index (χ0v) is 14.7. The van der Waals surface area contributed by atoms with Crippen LogP contribution in [0.25, 0.3) is 10.8 Å². The van der Waals surface area contributed by atoms with Crippen molar-refractivity contribution in [2.24, 2.45) is 15.9 Å². The quantitative estimate of drug-likeness (QED) is 0.848. The fourth-order valence-corrected chi connectivity index (χ4v) is 3.00. The number of phenolic OH excluding ortho intramolecular Hbond substituents is 1. The molecule has 2 aliphatic heterocycles. The van der Waals surface area contributed by atoms with Crippen LogP contribution in [0.5, 0.6) is 5.75 Å². The molecule has 2 aliphatic rings. The summed E-state index contributed by atoms with van der Waals surface area (Å²) in [4.78, 5) is 14.6. The van der Waals surface area contributed by atoms with Gasteiger partial charge in [0, 0.05) is 12.1 Å². The average Bonchev–Trinajstić information content (AvgIpc) is 3.13. The SMILES string of the molecule is CC.CC1CC=CN=C1C1=NC(c2c(O)ccc3ccccc23)ON1. The first-order chi connectivity index (χ1) is 12.2. The van der Waals surface area contributed by atoms with Crippen LogP contribution in [0.2, 0.25) is 0 Å². The number of allylic oxidation sites excluding steroid dienone is 1. The maximum atomic E-state index is 10.3. The molecule has 130 valence electrons. The van der Waals surface area contributed by atoms with Crippen LogP contribution < -0.4 is 5.48 Å². The zero-order valence-electron chi connectivity index (χ0n) is 14.7. The number of fused-ring (bicyclic) bond motifs is 1. The number of hydrogen-bond acceptors (Lipinski definition) is 5. The maximum Gasteiger partial charge on any atom is 0.206 e. The lowest BCUT2D eigenvalue weighted by Crippen LogP contribution is -2.31. The summed E-state index contributed by atoms with van der Waals surface area (Å²) in [6.45, 7) is 6.11. The second kappa shape index (κ2) is 7.49. The molecule has 2 heterocycles. The summed E-state index contributed by atoms with van der Waals surface area (Å²) in [6, 6.07) is 11.4. The van der Waals surface area contributed by atoms with Gasteiger partial charge in [-0.05, 0) is 23.3 Å². The van der Waals surface area contributed by atoms with E-state index >= 15 is 0 Å². The van der Waals surface area contributed by atoms with Crippen molar-refractivity contribution in [1.29, 1.82) is 0 Å². The monoisotopic (exact) mass is 337 g/mol. The highest BCUT2D eigenvalue weighted by molar-refractivity contribution is 6.42. The third-order valence-electron chi connectivity index (χ3n) is 4.23. The Morgan fingerprint density at radius 1 is 1.16 bits per heavy atom. The Hall–Kier alpha value is -2.66. The second-order valence-electron chi connectivity index (χ2n) is 5.81. The van der Waals surface area contributed by atoms with E-state index in [2.05, 4.69) is 22.4 Å². The van der Waals surface area contributed by atoms with Crippen molar-refractivity contribution in [3.63, 3.8) is 0 Å². The first kappa shape index (κ1) is 17.2. The number of nitrogens with zero attached hydrogens (tertiary/aromatic N) is 2. The lowest BCUT2D eigenvalue weighted by Gasteiger charge is -2.14. The average molecular weight is 337 g/mol. The molecule has 2 aromatic rings. The van der Waals surface area contributed by atoms with Crippen molar-refractivity contribution in [3.05, 3.63) is 54.2 Å². The molecule has 2 atom stereocenters. The predicted octanol–water partition coefficient (Wildman–Crippen LogP) is 4.50. The third-order valence-corrected chi connectivity index (χ3v) is 4.23. The Kier molecular flexibility index (Phi) is 5.14. The van der Waals surface area contributed by atoms with Gasteiger partial charge in [0.2, 0.25) is 6.23 Å². The predicted molar refractivity (Wildman–Crippen MR) is 102 cm³/mol. The Balaban J connectivity index is 0.000000880. The largest absolute Gasteiger partial charge is 0.507 e. The second-order valence-corrected chi connectivity index (χ2v) is 5.81. The molecule has 0 fully saturated rings. The van der Waals surface area contributed by atoms with E-state index in [0.717, 1.165) is 22.9 Å². The van der Waals surface area contributed by atoms with Gasteiger partial charge in [0.15, 0.2) is 5.84 Å². The molecule has 0 spiro atoms. The summed E-state index contributed by atoms with van der Waals surface area (Å²) in [7, 11) is 0. The topological polar surface area (TPSA) is 66.2 Å². The Bertz CT molecular complexity index is 855. The van der Waals surface area contributed by atoms with E-state index in [-0.39, 0.29) is 11.7 Å². The van der Waals surface area contributed by atoms with Gasteiger partial charge in [-0.2, -0.15) is 0 Å². The molecule has 2 unspecified atom stereocenters. The summed E-state index contributed by atoms with van der Waals surface area (Å²) in [6.07, 6.45) is 4.18. The van der Waals surface area contributed by atoms with Gasteiger partial charge < -0.3 is 5.11 Å². The minimum absolute atomic E-state index is 0.180. The third kappa shape index (κ3) is 3.28. The van der Waals surface area contributed by atoms with Crippen molar-refractivity contribution < 1.29 is 9.94 Å². The lowest BCUT2D eigenvalue weighted by molar-refractivity contribution is 0.0375. The van der Waals surface area contributed by atoms with Crippen LogP contribution in [0.4, 0.5) is 0 Å². The number of rotatable bonds is 2. The van der Waals surface area contributed by atoms with Crippen LogP contribution in [-0.2, 0) is 4.84 Å². The van der Waals surface area contributed by atoms with Gasteiger partial charge >= 0.3 is 0 Å². The van der Waals surface area contributed by atoms with Crippen LogP contribution in [0, 0.1) is 5.92 Å². The highest BCUT2D eigenvalue weighted by atomic mass is 16.7. The molecule has 0 aliphatic carbocycles. The molecule has 2 aromatic carbocycles. The number of aromatic hydroxyl groups is 1. The van der Waals surface area contributed by atoms with E-state index in [0.29, 0.717) is 11.4 Å². The van der Waals surface area contributed by atoms with Gasteiger partial charge in [-0.1, -0.05) is 57.2 Å². The molecule has 0 radical (unpaired) electrons. The molecule has 0 amide bonds. The minimum atomic E-state index is -0.586. The van der Waals surface area contributed by atoms with E-state index in [9.17, 15) is 5.11 Å². The number of amidine groups is 1. The summed E-state index contributed by atoms with van der Waals surface area (Å²) < 4.78 is 0. The van der Waals surface area contributed by atoms with Crippen molar-refractivity contribution in [2.75, 3.05) is 0 Å². The van der Waals surface area contributed by atoms with E-state index in [4.69, 9.17) is 4.84 Å². The summed E-state index contributed by atoms with van der Waals surface area (Å²) in [5.41, 5.74) is 4.43. The number of hydroxylamine groups is 1. The first-order valence-corrected chi connectivity index (χ1v) is 8.67. The molecular formula is C20H23N3O2. The van der Waals surface area contributed by atoms with Crippen molar-refractivity contribution >= 4 is 22.3 Å². The number of benzene rings is 2. The Labute approximate surface area is 147 Å². The van der Waals surface area contributed by atoms with Crippen LogP contribution in [0.15, 0.2) is 58.7 Å². The van der Waals surface area contributed by atoms with E-state index < -0.39 is 6.23 Å². The zero-order chi connectivity index (χ0) is 17.8. The highest BCUT2D eigenvalue weighted by Gasteiger charge is 2.29. The molecule has 0 saturated heterocycles. The van der Waals surface area contributed by atoms with Crippen LogP contribution in [0.3, 0.4) is 0 Å². The van der Waals surface area contributed by atoms with Crippen molar-refractivity contribution in [3.8, 4) is 5.75 Å². The van der Waals surface area contributed by atoms with Gasteiger partial charge in [0.1, 0.15) is 5.75 Å². The van der Waals surface area contributed by atoms with Crippen LogP contribution >= 0.6 is 0 Å². The fourth-order valence-electron chi connectivity index (χ4n) is 3.00. The Morgan fingerprint density at radius 3 is 2.76 bits per heavy atom. The van der Waals surface area contributed by atoms with Gasteiger partial charge in [-0.15, -0.1) is 0 Å². The smallest absolute Gasteiger partial charge is 0.206 e. The molecular weight excluding hydrogens is 314 g/mol. The number of aliphatic imine (C=N–C) groups is 2. The molecule has 25 heavy (non-hydrogen) atoms. The molecule has 0 saturated carbocycles. The van der Waals surface area contributed by atoms with Gasteiger partial charge in [0.05, 0.1) is 11.3 Å².